The van der Waals surface area contributed by atoms with Gasteiger partial charge in [0.2, 0.25) is 0 Å². The molecular formula is C15H18N4O. The van der Waals surface area contributed by atoms with Crippen LogP contribution in [0.1, 0.15) is 27.3 Å². The molecule has 0 saturated carbocycles. The second kappa shape index (κ2) is 5.46. The van der Waals surface area contributed by atoms with E-state index in [-0.39, 0.29) is 5.91 Å². The van der Waals surface area contributed by atoms with Crippen LogP contribution in [0.3, 0.4) is 0 Å². The van der Waals surface area contributed by atoms with Crippen LogP contribution < -0.4 is 5.32 Å². The van der Waals surface area contributed by atoms with Crippen molar-refractivity contribution in [2.45, 2.75) is 19.5 Å². The van der Waals surface area contributed by atoms with Crippen LogP contribution in [-0.4, -0.2) is 34.4 Å². The third-order valence-corrected chi connectivity index (χ3v) is 3.66. The van der Waals surface area contributed by atoms with Crippen LogP contribution in [0.4, 0.5) is 0 Å². The second-order valence-electron chi connectivity index (χ2n) is 5.07. The van der Waals surface area contributed by atoms with Gasteiger partial charge < -0.3 is 15.2 Å². The van der Waals surface area contributed by atoms with Gasteiger partial charge in [-0.15, -0.1) is 0 Å². The quantitative estimate of drug-likeness (QED) is 0.884. The molecule has 5 nitrogen and oxygen atoms in total. The standard InChI is InChI=1S/C15H18N4O/c1-19(10-14-17-7-8-18-14)15(20)13-4-2-3-11-9-16-6-5-12(11)13/h2-4,7-8,16H,5-6,9-10H2,1H3,(H,17,18). The molecular weight excluding hydrogens is 252 g/mol. The smallest absolute Gasteiger partial charge is 0.254 e. The van der Waals surface area contributed by atoms with Crippen molar-refractivity contribution in [3.63, 3.8) is 0 Å². The first-order chi connectivity index (χ1) is 9.75. The molecule has 0 atom stereocenters. The summed E-state index contributed by atoms with van der Waals surface area (Å²) >= 11 is 0. The lowest BCUT2D eigenvalue weighted by molar-refractivity contribution is 0.0780. The monoisotopic (exact) mass is 270 g/mol. The number of carbonyl (C=O) groups is 1. The van der Waals surface area contributed by atoms with E-state index in [9.17, 15) is 4.79 Å². The number of aromatic amines is 1. The predicted molar refractivity (Wildman–Crippen MR) is 76.2 cm³/mol. The zero-order valence-electron chi connectivity index (χ0n) is 11.5. The van der Waals surface area contributed by atoms with Gasteiger partial charge in [-0.25, -0.2) is 4.98 Å². The number of rotatable bonds is 3. The van der Waals surface area contributed by atoms with Gasteiger partial charge in [0.1, 0.15) is 5.82 Å². The molecule has 3 rings (SSSR count). The Hall–Kier alpha value is -2.14. The second-order valence-corrected chi connectivity index (χ2v) is 5.07. The fraction of sp³-hybridized carbons (Fsp3) is 0.333. The Morgan fingerprint density at radius 2 is 2.35 bits per heavy atom. The highest BCUT2D eigenvalue weighted by Gasteiger charge is 2.20. The molecule has 0 fully saturated rings. The van der Waals surface area contributed by atoms with Gasteiger partial charge in [0.05, 0.1) is 6.54 Å². The minimum Gasteiger partial charge on any atom is -0.347 e. The zero-order chi connectivity index (χ0) is 13.9. The van der Waals surface area contributed by atoms with Crippen molar-refractivity contribution in [1.29, 1.82) is 0 Å². The van der Waals surface area contributed by atoms with Gasteiger partial charge in [-0.05, 0) is 30.2 Å². The van der Waals surface area contributed by atoms with Gasteiger partial charge in [-0.3, -0.25) is 4.79 Å². The number of benzene rings is 1. The highest BCUT2D eigenvalue weighted by atomic mass is 16.2. The first-order valence-electron chi connectivity index (χ1n) is 6.81. The van der Waals surface area contributed by atoms with Gasteiger partial charge in [0, 0.05) is 31.5 Å². The molecule has 2 aromatic rings. The van der Waals surface area contributed by atoms with Crippen molar-refractivity contribution in [3.8, 4) is 0 Å². The Bertz CT molecular complexity index is 606. The number of nitrogens with zero attached hydrogens (tertiary/aromatic N) is 2. The summed E-state index contributed by atoms with van der Waals surface area (Å²) in [5.41, 5.74) is 3.23. The highest BCUT2D eigenvalue weighted by molar-refractivity contribution is 5.95. The van der Waals surface area contributed by atoms with Gasteiger partial charge in [0.15, 0.2) is 0 Å². The summed E-state index contributed by atoms with van der Waals surface area (Å²) in [4.78, 5) is 21.5. The van der Waals surface area contributed by atoms with Crippen molar-refractivity contribution in [2.24, 2.45) is 0 Å². The van der Waals surface area contributed by atoms with Crippen molar-refractivity contribution in [2.75, 3.05) is 13.6 Å². The average Bonchev–Trinajstić information content (AvgIpc) is 2.99. The third kappa shape index (κ3) is 2.44. The Kier molecular flexibility index (Phi) is 3.52. The third-order valence-electron chi connectivity index (χ3n) is 3.66. The van der Waals surface area contributed by atoms with Gasteiger partial charge in [-0.1, -0.05) is 12.1 Å². The number of aromatic nitrogens is 2. The Morgan fingerprint density at radius 3 is 3.15 bits per heavy atom. The minimum absolute atomic E-state index is 0.0557. The number of amides is 1. The van der Waals surface area contributed by atoms with Crippen LogP contribution in [0.25, 0.3) is 0 Å². The number of fused-ring (bicyclic) bond motifs is 1. The number of imidazole rings is 1. The van der Waals surface area contributed by atoms with Crippen LogP contribution in [-0.2, 0) is 19.5 Å². The molecule has 2 heterocycles. The molecule has 1 aliphatic rings. The number of H-pyrrole nitrogens is 1. The molecule has 0 aliphatic carbocycles. The summed E-state index contributed by atoms with van der Waals surface area (Å²) in [5, 5.41) is 3.33. The molecule has 0 saturated heterocycles. The maximum absolute atomic E-state index is 12.6. The first-order valence-corrected chi connectivity index (χ1v) is 6.81. The van der Waals surface area contributed by atoms with Crippen molar-refractivity contribution in [3.05, 3.63) is 53.1 Å². The number of carbonyl (C=O) groups excluding carboxylic acids is 1. The predicted octanol–water partition coefficient (Wildman–Crippen LogP) is 1.33. The topological polar surface area (TPSA) is 61.0 Å². The maximum atomic E-state index is 12.6. The van der Waals surface area contributed by atoms with Crippen molar-refractivity contribution < 1.29 is 4.79 Å². The van der Waals surface area contributed by atoms with Crippen LogP contribution >= 0.6 is 0 Å². The largest absolute Gasteiger partial charge is 0.347 e. The molecule has 1 aliphatic heterocycles. The van der Waals surface area contributed by atoms with Gasteiger partial charge in [-0.2, -0.15) is 0 Å². The van der Waals surface area contributed by atoms with Crippen molar-refractivity contribution >= 4 is 5.91 Å². The fourth-order valence-corrected chi connectivity index (χ4v) is 2.62. The molecule has 0 spiro atoms. The highest BCUT2D eigenvalue weighted by Crippen LogP contribution is 2.20. The van der Waals surface area contributed by atoms with Crippen LogP contribution in [0.15, 0.2) is 30.6 Å². The summed E-state index contributed by atoms with van der Waals surface area (Å²) < 4.78 is 0. The Labute approximate surface area is 118 Å². The van der Waals surface area contributed by atoms with Crippen molar-refractivity contribution in [1.82, 2.24) is 20.2 Å². The van der Waals surface area contributed by atoms with E-state index in [2.05, 4.69) is 21.4 Å². The molecule has 0 unspecified atom stereocenters. The fourth-order valence-electron chi connectivity index (χ4n) is 2.62. The lowest BCUT2D eigenvalue weighted by Gasteiger charge is -2.23. The molecule has 0 radical (unpaired) electrons. The molecule has 104 valence electrons. The molecule has 1 aromatic heterocycles. The van der Waals surface area contributed by atoms with E-state index in [0.29, 0.717) is 6.54 Å². The molecule has 1 amide bonds. The van der Waals surface area contributed by atoms with E-state index >= 15 is 0 Å². The summed E-state index contributed by atoms with van der Waals surface area (Å²) in [6.45, 7) is 2.27. The average molecular weight is 270 g/mol. The van der Waals surface area contributed by atoms with E-state index in [1.165, 1.54) is 11.1 Å². The molecule has 5 heteroatoms. The van der Waals surface area contributed by atoms with E-state index < -0.39 is 0 Å². The van der Waals surface area contributed by atoms with E-state index in [4.69, 9.17) is 0 Å². The lowest BCUT2D eigenvalue weighted by Crippen LogP contribution is -2.31. The van der Waals surface area contributed by atoms with E-state index in [1.807, 2.05) is 19.2 Å². The van der Waals surface area contributed by atoms with E-state index in [0.717, 1.165) is 30.9 Å². The number of hydrogen-bond donors (Lipinski definition) is 2. The lowest BCUT2D eigenvalue weighted by atomic mass is 9.95. The summed E-state index contributed by atoms with van der Waals surface area (Å²) in [6.07, 6.45) is 4.37. The first kappa shape index (κ1) is 12.9. The Balaban J connectivity index is 1.83. The summed E-state index contributed by atoms with van der Waals surface area (Å²) in [5.74, 6) is 0.854. The SMILES string of the molecule is CN(Cc1ncc[nH]1)C(=O)c1cccc2c1CCNC2. The van der Waals surface area contributed by atoms with Crippen LogP contribution in [0, 0.1) is 0 Å². The Morgan fingerprint density at radius 1 is 1.45 bits per heavy atom. The zero-order valence-corrected chi connectivity index (χ0v) is 11.5. The molecule has 20 heavy (non-hydrogen) atoms. The van der Waals surface area contributed by atoms with Gasteiger partial charge >= 0.3 is 0 Å². The molecule has 1 aromatic carbocycles. The van der Waals surface area contributed by atoms with Crippen LogP contribution in [0.2, 0.25) is 0 Å². The summed E-state index contributed by atoms with van der Waals surface area (Å²) in [7, 11) is 1.81. The van der Waals surface area contributed by atoms with Crippen LogP contribution in [0.5, 0.6) is 0 Å². The minimum atomic E-state index is 0.0557. The number of hydrogen-bond acceptors (Lipinski definition) is 3. The summed E-state index contributed by atoms with van der Waals surface area (Å²) in [6, 6.07) is 5.97. The molecule has 2 N–H and O–H groups in total. The maximum Gasteiger partial charge on any atom is 0.254 e. The van der Waals surface area contributed by atoms with Gasteiger partial charge in [0.25, 0.3) is 5.91 Å². The number of nitrogens with one attached hydrogen (secondary N) is 2. The normalized spacial score (nSPS) is 13.8. The van der Waals surface area contributed by atoms with E-state index in [1.54, 1.807) is 17.3 Å². The molecule has 0 bridgehead atoms.